The third-order valence-corrected chi connectivity index (χ3v) is 3.65. The van der Waals surface area contributed by atoms with E-state index in [9.17, 15) is 0 Å². The maximum Gasteiger partial charge on any atom is 0.0558 e. The Balaban J connectivity index is 2.48. The largest absolute Gasteiger partial charge is 0.395 e. The third-order valence-electron chi connectivity index (χ3n) is 2.58. The SMILES string of the molecule is C=CCN(CCO)Cc1ccc(CNC(C)C)s1. The van der Waals surface area contributed by atoms with Crippen LogP contribution in [0.15, 0.2) is 24.8 Å². The number of aliphatic hydroxyl groups is 1. The summed E-state index contributed by atoms with van der Waals surface area (Å²) < 4.78 is 0. The molecule has 0 radical (unpaired) electrons. The van der Waals surface area contributed by atoms with Crippen LogP contribution in [0.2, 0.25) is 0 Å². The first kappa shape index (κ1) is 15.4. The standard InChI is InChI=1S/C14H24N2OS/c1-4-7-16(8-9-17)11-14-6-5-13(18-14)10-15-12(2)3/h4-6,12,15,17H,1,7-11H2,2-3H3. The maximum absolute atomic E-state index is 9.01. The molecular weight excluding hydrogens is 244 g/mol. The third kappa shape index (κ3) is 5.78. The van der Waals surface area contributed by atoms with Gasteiger partial charge in [-0.3, -0.25) is 4.90 Å². The van der Waals surface area contributed by atoms with Gasteiger partial charge in [0.05, 0.1) is 6.61 Å². The predicted molar refractivity (Wildman–Crippen MR) is 78.9 cm³/mol. The summed E-state index contributed by atoms with van der Waals surface area (Å²) >= 11 is 1.83. The van der Waals surface area contributed by atoms with Gasteiger partial charge >= 0.3 is 0 Å². The van der Waals surface area contributed by atoms with Crippen molar-refractivity contribution >= 4 is 11.3 Å². The molecule has 1 aromatic rings. The number of hydrogen-bond donors (Lipinski definition) is 2. The van der Waals surface area contributed by atoms with Gasteiger partial charge in [-0.15, -0.1) is 17.9 Å². The van der Waals surface area contributed by atoms with Gasteiger partial charge in [-0.25, -0.2) is 0 Å². The molecule has 2 N–H and O–H groups in total. The van der Waals surface area contributed by atoms with Crippen molar-refractivity contribution in [3.63, 3.8) is 0 Å². The van der Waals surface area contributed by atoms with Crippen molar-refractivity contribution in [2.75, 3.05) is 19.7 Å². The van der Waals surface area contributed by atoms with Gasteiger partial charge in [0.2, 0.25) is 0 Å². The van der Waals surface area contributed by atoms with Crippen molar-refractivity contribution in [3.05, 3.63) is 34.5 Å². The molecule has 0 amide bonds. The Morgan fingerprint density at radius 2 is 2.17 bits per heavy atom. The number of nitrogens with one attached hydrogen (secondary N) is 1. The van der Waals surface area contributed by atoms with E-state index in [1.54, 1.807) is 0 Å². The van der Waals surface area contributed by atoms with E-state index in [1.807, 2.05) is 17.4 Å². The van der Waals surface area contributed by atoms with Gasteiger partial charge in [-0.2, -0.15) is 0 Å². The molecule has 1 heterocycles. The predicted octanol–water partition coefficient (Wildman–Crippen LogP) is 2.23. The number of thiophene rings is 1. The zero-order chi connectivity index (χ0) is 13.4. The van der Waals surface area contributed by atoms with Crippen LogP contribution in [0.4, 0.5) is 0 Å². The highest BCUT2D eigenvalue weighted by Gasteiger charge is 2.06. The molecule has 0 bridgehead atoms. The molecule has 0 atom stereocenters. The molecule has 0 saturated carbocycles. The molecule has 1 aromatic heterocycles. The van der Waals surface area contributed by atoms with E-state index in [0.717, 1.165) is 19.6 Å². The van der Waals surface area contributed by atoms with Gasteiger partial charge in [-0.1, -0.05) is 19.9 Å². The smallest absolute Gasteiger partial charge is 0.0558 e. The monoisotopic (exact) mass is 268 g/mol. The van der Waals surface area contributed by atoms with Crippen molar-refractivity contribution in [2.45, 2.75) is 33.0 Å². The molecule has 0 spiro atoms. The summed E-state index contributed by atoms with van der Waals surface area (Å²) in [5, 5.41) is 12.4. The molecule has 0 aliphatic carbocycles. The first-order chi connectivity index (χ1) is 8.65. The summed E-state index contributed by atoms with van der Waals surface area (Å²) in [6.45, 7) is 11.6. The number of aliphatic hydroxyl groups excluding tert-OH is 1. The van der Waals surface area contributed by atoms with E-state index in [4.69, 9.17) is 5.11 Å². The molecule has 1 rings (SSSR count). The van der Waals surface area contributed by atoms with Crippen LogP contribution in [-0.2, 0) is 13.1 Å². The molecule has 0 aliphatic rings. The minimum absolute atomic E-state index is 0.195. The van der Waals surface area contributed by atoms with Crippen LogP contribution in [-0.4, -0.2) is 35.7 Å². The molecule has 0 saturated heterocycles. The fraction of sp³-hybridized carbons (Fsp3) is 0.571. The molecule has 0 aliphatic heterocycles. The van der Waals surface area contributed by atoms with Crippen molar-refractivity contribution in [2.24, 2.45) is 0 Å². The summed E-state index contributed by atoms with van der Waals surface area (Å²) in [5.41, 5.74) is 0. The highest BCUT2D eigenvalue weighted by atomic mass is 32.1. The quantitative estimate of drug-likeness (QED) is 0.674. The second kappa shape index (κ2) is 8.43. The average Bonchev–Trinajstić information content (AvgIpc) is 2.75. The molecule has 4 heteroatoms. The van der Waals surface area contributed by atoms with Crippen LogP contribution >= 0.6 is 11.3 Å². The fourth-order valence-corrected chi connectivity index (χ4v) is 2.70. The maximum atomic E-state index is 9.01. The van der Waals surface area contributed by atoms with Crippen molar-refractivity contribution in [3.8, 4) is 0 Å². The van der Waals surface area contributed by atoms with Gasteiger partial charge in [0, 0.05) is 42.0 Å². The Bertz CT molecular complexity index is 349. The van der Waals surface area contributed by atoms with Crippen LogP contribution in [0.3, 0.4) is 0 Å². The Hall–Kier alpha value is -0.680. The van der Waals surface area contributed by atoms with Crippen LogP contribution < -0.4 is 5.32 Å². The number of hydrogen-bond acceptors (Lipinski definition) is 4. The van der Waals surface area contributed by atoms with E-state index < -0.39 is 0 Å². The second-order valence-electron chi connectivity index (χ2n) is 4.65. The fourth-order valence-electron chi connectivity index (χ4n) is 1.69. The lowest BCUT2D eigenvalue weighted by molar-refractivity contribution is 0.204. The summed E-state index contributed by atoms with van der Waals surface area (Å²) in [7, 11) is 0. The van der Waals surface area contributed by atoms with Crippen LogP contribution in [0, 0.1) is 0 Å². The lowest BCUT2D eigenvalue weighted by Gasteiger charge is -2.18. The van der Waals surface area contributed by atoms with Gasteiger partial charge < -0.3 is 10.4 Å². The minimum atomic E-state index is 0.195. The molecular formula is C14H24N2OS. The van der Waals surface area contributed by atoms with E-state index in [-0.39, 0.29) is 6.61 Å². The summed E-state index contributed by atoms with van der Waals surface area (Å²) in [6, 6.07) is 4.87. The zero-order valence-corrected chi connectivity index (χ0v) is 12.2. The first-order valence-electron chi connectivity index (χ1n) is 6.40. The molecule has 0 aromatic carbocycles. The van der Waals surface area contributed by atoms with Crippen LogP contribution in [0.5, 0.6) is 0 Å². The van der Waals surface area contributed by atoms with E-state index in [1.165, 1.54) is 9.75 Å². The van der Waals surface area contributed by atoms with Gasteiger partial charge in [-0.05, 0) is 12.1 Å². The first-order valence-corrected chi connectivity index (χ1v) is 7.22. The Morgan fingerprint density at radius 1 is 1.44 bits per heavy atom. The van der Waals surface area contributed by atoms with Crippen molar-refractivity contribution in [1.82, 2.24) is 10.2 Å². The molecule has 102 valence electrons. The van der Waals surface area contributed by atoms with Crippen LogP contribution in [0.25, 0.3) is 0 Å². The Morgan fingerprint density at radius 3 is 2.78 bits per heavy atom. The van der Waals surface area contributed by atoms with Crippen molar-refractivity contribution < 1.29 is 5.11 Å². The van der Waals surface area contributed by atoms with E-state index in [0.29, 0.717) is 12.6 Å². The van der Waals surface area contributed by atoms with Gasteiger partial charge in [0.1, 0.15) is 0 Å². The molecule has 0 unspecified atom stereocenters. The topological polar surface area (TPSA) is 35.5 Å². The average molecular weight is 268 g/mol. The minimum Gasteiger partial charge on any atom is -0.395 e. The van der Waals surface area contributed by atoms with Gasteiger partial charge in [0.25, 0.3) is 0 Å². The van der Waals surface area contributed by atoms with E-state index >= 15 is 0 Å². The number of nitrogens with zero attached hydrogens (tertiary/aromatic N) is 1. The Labute approximate surface area is 114 Å². The van der Waals surface area contributed by atoms with Crippen LogP contribution in [0.1, 0.15) is 23.6 Å². The molecule has 18 heavy (non-hydrogen) atoms. The van der Waals surface area contributed by atoms with Gasteiger partial charge in [0.15, 0.2) is 0 Å². The summed E-state index contributed by atoms with van der Waals surface area (Å²) in [5.74, 6) is 0. The Kier molecular flexibility index (Phi) is 7.20. The normalized spacial score (nSPS) is 11.4. The summed E-state index contributed by atoms with van der Waals surface area (Å²) in [6.07, 6.45) is 1.88. The number of rotatable bonds is 9. The van der Waals surface area contributed by atoms with E-state index in [2.05, 4.69) is 42.8 Å². The second-order valence-corrected chi connectivity index (χ2v) is 5.90. The highest BCUT2D eigenvalue weighted by Crippen LogP contribution is 2.18. The molecule has 3 nitrogen and oxygen atoms in total. The lowest BCUT2D eigenvalue weighted by atomic mass is 10.3. The van der Waals surface area contributed by atoms with Crippen molar-refractivity contribution in [1.29, 1.82) is 0 Å². The zero-order valence-electron chi connectivity index (χ0n) is 11.4. The lowest BCUT2D eigenvalue weighted by Crippen LogP contribution is -2.26. The highest BCUT2D eigenvalue weighted by molar-refractivity contribution is 7.11. The molecule has 0 fully saturated rings. The summed E-state index contributed by atoms with van der Waals surface area (Å²) in [4.78, 5) is 4.89.